The van der Waals surface area contributed by atoms with Gasteiger partial charge in [0.25, 0.3) is 0 Å². The van der Waals surface area contributed by atoms with Crippen molar-refractivity contribution in [2.75, 3.05) is 73.9 Å². The van der Waals surface area contributed by atoms with Gasteiger partial charge in [0.15, 0.2) is 0 Å². The minimum atomic E-state index is 0.113. The summed E-state index contributed by atoms with van der Waals surface area (Å²) in [6.45, 7) is 10.5. The highest BCUT2D eigenvalue weighted by atomic mass is 16.6. The van der Waals surface area contributed by atoms with Crippen LogP contribution in [0.3, 0.4) is 0 Å². The Labute approximate surface area is 296 Å². The number of likely N-dealkylation sites (N-methyl/N-ethyl adjacent to an activating group) is 1. The first-order chi connectivity index (χ1) is 23.0. The van der Waals surface area contributed by atoms with Gasteiger partial charge in [0.05, 0.1) is 54.2 Å². The molecule has 0 amide bonds. The van der Waals surface area contributed by atoms with Gasteiger partial charge in [-0.25, -0.2) is 0 Å². The van der Waals surface area contributed by atoms with Crippen molar-refractivity contribution in [1.29, 1.82) is 0 Å². The molecule has 0 spiro atoms. The van der Waals surface area contributed by atoms with Crippen molar-refractivity contribution in [2.45, 2.75) is 200 Å². The van der Waals surface area contributed by atoms with E-state index in [4.69, 9.17) is 18.9 Å². The molecule has 0 N–H and O–H groups in total. The van der Waals surface area contributed by atoms with Crippen molar-refractivity contribution in [1.82, 2.24) is 0 Å². The van der Waals surface area contributed by atoms with Crippen molar-refractivity contribution in [3.05, 3.63) is 0 Å². The van der Waals surface area contributed by atoms with Crippen LogP contribution in [0.5, 0.6) is 0 Å². The van der Waals surface area contributed by atoms with Gasteiger partial charge in [0, 0.05) is 13.2 Å². The van der Waals surface area contributed by atoms with Gasteiger partial charge in [-0.05, 0) is 12.8 Å². The highest BCUT2D eigenvalue weighted by Gasteiger charge is 2.19. The Kier molecular flexibility index (Phi) is 38.4. The molecular formula is C42H88NO4+. The molecule has 5 nitrogen and oxygen atoms in total. The van der Waals surface area contributed by atoms with Gasteiger partial charge in [-0.3, -0.25) is 0 Å². The molecule has 0 aromatic rings. The van der Waals surface area contributed by atoms with Crippen molar-refractivity contribution in [3.8, 4) is 0 Å². The Morgan fingerprint density at radius 3 is 1.00 bits per heavy atom. The van der Waals surface area contributed by atoms with Crippen LogP contribution < -0.4 is 0 Å². The summed E-state index contributed by atoms with van der Waals surface area (Å²) in [6.07, 6.45) is 39.0. The van der Waals surface area contributed by atoms with Crippen molar-refractivity contribution in [2.24, 2.45) is 0 Å². The third-order valence-electron chi connectivity index (χ3n) is 9.29. The van der Waals surface area contributed by atoms with Crippen LogP contribution in [-0.2, 0) is 18.9 Å². The third kappa shape index (κ3) is 41.9. The zero-order valence-corrected chi connectivity index (χ0v) is 33.1. The van der Waals surface area contributed by atoms with Crippen LogP contribution in [-0.4, -0.2) is 84.5 Å². The molecule has 47 heavy (non-hydrogen) atoms. The van der Waals surface area contributed by atoms with Gasteiger partial charge in [0.1, 0.15) is 12.6 Å². The second-order valence-corrected chi connectivity index (χ2v) is 15.5. The maximum atomic E-state index is 6.17. The molecule has 1 atom stereocenters. The molecule has 0 saturated heterocycles. The second-order valence-electron chi connectivity index (χ2n) is 15.5. The Morgan fingerprint density at radius 2 is 0.638 bits per heavy atom. The smallest absolute Gasteiger partial charge is 0.130 e. The van der Waals surface area contributed by atoms with E-state index in [1.165, 1.54) is 173 Å². The van der Waals surface area contributed by atoms with Crippen LogP contribution >= 0.6 is 0 Å². The lowest BCUT2D eigenvalue weighted by molar-refractivity contribution is -0.873. The number of unbranched alkanes of at least 4 members (excludes halogenated alkanes) is 26. The summed E-state index contributed by atoms with van der Waals surface area (Å²) >= 11 is 0. The Balaban J connectivity index is 3.52. The van der Waals surface area contributed by atoms with Gasteiger partial charge >= 0.3 is 0 Å². The van der Waals surface area contributed by atoms with Crippen LogP contribution in [0.25, 0.3) is 0 Å². The van der Waals surface area contributed by atoms with E-state index >= 15 is 0 Å². The summed E-state index contributed by atoms with van der Waals surface area (Å²) in [5.41, 5.74) is 0. The van der Waals surface area contributed by atoms with E-state index in [0.717, 1.165) is 30.7 Å². The topological polar surface area (TPSA) is 36.9 Å². The fourth-order valence-corrected chi connectivity index (χ4v) is 6.37. The lowest BCUT2D eigenvalue weighted by Gasteiger charge is -2.29. The van der Waals surface area contributed by atoms with Gasteiger partial charge < -0.3 is 23.4 Å². The highest BCUT2D eigenvalue weighted by Crippen LogP contribution is 2.14. The molecule has 0 aliphatic heterocycles. The summed E-state index contributed by atoms with van der Waals surface area (Å²) < 4.78 is 24.7. The molecule has 0 aliphatic rings. The summed E-state index contributed by atoms with van der Waals surface area (Å²) in [5, 5.41) is 0. The Morgan fingerprint density at radius 1 is 0.340 bits per heavy atom. The Hall–Kier alpha value is -0.200. The minimum Gasteiger partial charge on any atom is -0.379 e. The third-order valence-corrected chi connectivity index (χ3v) is 9.29. The van der Waals surface area contributed by atoms with Crippen LogP contribution in [0.15, 0.2) is 0 Å². The fourth-order valence-electron chi connectivity index (χ4n) is 6.37. The van der Waals surface area contributed by atoms with Crippen molar-refractivity contribution < 1.29 is 23.4 Å². The average molecular weight is 671 g/mol. The molecule has 0 saturated carbocycles. The first kappa shape index (κ1) is 46.8. The standard InChI is InChI=1S/C42H88NO4/c1-6-8-10-12-14-16-18-20-22-24-26-28-30-32-34-44-36-37-45-38-39-47-42(40-43(3,4)5)41-46-35-33-31-29-27-25-23-21-19-17-15-13-11-9-7-2/h42H,6-41H2,1-5H3/q+1. The van der Waals surface area contributed by atoms with Crippen LogP contribution in [0, 0.1) is 0 Å². The van der Waals surface area contributed by atoms with Crippen LogP contribution in [0.4, 0.5) is 0 Å². The first-order valence-electron chi connectivity index (χ1n) is 21.1. The largest absolute Gasteiger partial charge is 0.379 e. The molecule has 0 bridgehead atoms. The first-order valence-corrected chi connectivity index (χ1v) is 21.1. The van der Waals surface area contributed by atoms with Gasteiger partial charge in [-0.1, -0.05) is 181 Å². The zero-order valence-electron chi connectivity index (χ0n) is 33.1. The molecule has 1 unspecified atom stereocenters. The van der Waals surface area contributed by atoms with E-state index < -0.39 is 0 Å². The van der Waals surface area contributed by atoms with E-state index in [0.29, 0.717) is 33.0 Å². The maximum absolute atomic E-state index is 6.17. The summed E-state index contributed by atoms with van der Waals surface area (Å²) in [5.74, 6) is 0. The Bertz CT molecular complexity index is 567. The highest BCUT2D eigenvalue weighted by molar-refractivity contribution is 4.57. The normalized spacial score (nSPS) is 12.7. The molecule has 0 fully saturated rings. The van der Waals surface area contributed by atoms with Gasteiger partial charge in [0.2, 0.25) is 0 Å². The summed E-state index contributed by atoms with van der Waals surface area (Å²) in [4.78, 5) is 0. The quantitative estimate of drug-likeness (QED) is 0.0479. The lowest BCUT2D eigenvalue weighted by Crippen LogP contribution is -2.44. The predicted octanol–water partition coefficient (Wildman–Crippen LogP) is 12.1. The van der Waals surface area contributed by atoms with E-state index in [-0.39, 0.29) is 6.10 Å². The molecular weight excluding hydrogens is 582 g/mol. The van der Waals surface area contributed by atoms with Crippen molar-refractivity contribution >= 4 is 0 Å². The van der Waals surface area contributed by atoms with E-state index in [9.17, 15) is 0 Å². The average Bonchev–Trinajstić information content (AvgIpc) is 3.04. The van der Waals surface area contributed by atoms with Gasteiger partial charge in [-0.2, -0.15) is 0 Å². The zero-order chi connectivity index (χ0) is 34.4. The second kappa shape index (κ2) is 38.6. The van der Waals surface area contributed by atoms with Crippen LogP contribution in [0.1, 0.15) is 194 Å². The molecule has 0 aromatic carbocycles. The molecule has 284 valence electrons. The molecule has 0 heterocycles. The maximum Gasteiger partial charge on any atom is 0.130 e. The fraction of sp³-hybridized carbons (Fsp3) is 1.00. The predicted molar refractivity (Wildman–Crippen MR) is 206 cm³/mol. The number of hydrogen-bond acceptors (Lipinski definition) is 4. The molecule has 0 aromatic heterocycles. The SMILES string of the molecule is CCCCCCCCCCCCCCCCOCCOCCOC(COCCCCCCCCCCCCCCCC)C[N+](C)(C)C. The molecule has 0 radical (unpaired) electrons. The molecule has 5 heteroatoms. The minimum absolute atomic E-state index is 0.113. The van der Waals surface area contributed by atoms with E-state index in [1.807, 2.05) is 0 Å². The monoisotopic (exact) mass is 671 g/mol. The number of rotatable bonds is 41. The molecule has 0 aliphatic carbocycles. The number of ether oxygens (including phenoxy) is 4. The lowest BCUT2D eigenvalue weighted by atomic mass is 10.0. The van der Waals surface area contributed by atoms with Crippen molar-refractivity contribution in [3.63, 3.8) is 0 Å². The summed E-state index contributed by atoms with van der Waals surface area (Å²) in [6, 6.07) is 0. The van der Waals surface area contributed by atoms with E-state index in [2.05, 4.69) is 35.0 Å². The van der Waals surface area contributed by atoms with Gasteiger partial charge in [-0.15, -0.1) is 0 Å². The number of hydrogen-bond donors (Lipinski definition) is 0. The van der Waals surface area contributed by atoms with E-state index in [1.54, 1.807) is 0 Å². The number of nitrogens with zero attached hydrogens (tertiary/aromatic N) is 1. The molecule has 0 rings (SSSR count). The number of quaternary nitrogens is 1. The van der Waals surface area contributed by atoms with Crippen LogP contribution in [0.2, 0.25) is 0 Å². The summed E-state index contributed by atoms with van der Waals surface area (Å²) in [7, 11) is 6.65.